The molecule has 0 fully saturated rings. The summed E-state index contributed by atoms with van der Waals surface area (Å²) in [5.41, 5.74) is 0. The van der Waals surface area contributed by atoms with Crippen LogP contribution in [0.1, 0.15) is 79.6 Å². The summed E-state index contributed by atoms with van der Waals surface area (Å²) in [4.78, 5) is 19.6. The summed E-state index contributed by atoms with van der Waals surface area (Å²) in [6.07, 6.45) is 9.45. The van der Waals surface area contributed by atoms with Crippen LogP contribution in [0.25, 0.3) is 0 Å². The zero-order valence-electron chi connectivity index (χ0n) is 16.4. The van der Waals surface area contributed by atoms with Crippen LogP contribution in [0.3, 0.4) is 0 Å². The largest absolute Gasteiger partial charge is 0.480 e. The van der Waals surface area contributed by atoms with Gasteiger partial charge in [-0.2, -0.15) is 0 Å². The van der Waals surface area contributed by atoms with Crippen LogP contribution in [0, 0.1) is 0 Å². The first kappa shape index (κ1) is 32.5. The number of rotatable bonds is 14. The van der Waals surface area contributed by atoms with Crippen LogP contribution in [0.2, 0.25) is 0 Å². The molecule has 160 valence electrons. The molecule has 0 aliphatic carbocycles. The smallest absolute Gasteiger partial charge is 0.317 e. The summed E-state index contributed by atoms with van der Waals surface area (Å²) in [6, 6.07) is 0. The van der Waals surface area contributed by atoms with Crippen molar-refractivity contribution in [3.8, 4) is 0 Å². The Morgan fingerprint density at radius 1 is 0.692 bits per heavy atom. The van der Waals surface area contributed by atoms with Crippen LogP contribution >= 0.6 is 0 Å². The quantitative estimate of drug-likeness (QED) is 0.294. The standard InChI is InChI=1S/C8H18O.2C5H11NO2.CH4/c1-2-3-4-5-6-7-8-9;2*1-2-3-6-4-5(7)8;/h9H,2-8H2,1H3;2*6H,2-4H2,1H3,(H,7,8);1H4. The SMILES string of the molecule is C.CCCCCCCCO.CCCNCC(=O)O.CCCNCC(=O)O. The molecule has 26 heavy (non-hydrogen) atoms. The molecule has 0 atom stereocenters. The Morgan fingerprint density at radius 2 is 1.08 bits per heavy atom. The number of aliphatic hydroxyl groups is 1. The number of nitrogens with one attached hydrogen (secondary N) is 2. The van der Waals surface area contributed by atoms with Gasteiger partial charge in [0.05, 0.1) is 13.1 Å². The Labute approximate surface area is 160 Å². The minimum atomic E-state index is -0.793. The first-order valence-electron chi connectivity index (χ1n) is 9.41. The minimum absolute atomic E-state index is 0. The van der Waals surface area contributed by atoms with Gasteiger partial charge >= 0.3 is 11.9 Å². The number of unbranched alkanes of at least 4 members (excludes halogenated alkanes) is 5. The van der Waals surface area contributed by atoms with Crippen molar-refractivity contribution in [2.45, 2.75) is 79.6 Å². The summed E-state index contributed by atoms with van der Waals surface area (Å²) in [7, 11) is 0. The number of hydrogen-bond acceptors (Lipinski definition) is 5. The zero-order valence-corrected chi connectivity index (χ0v) is 16.4. The molecule has 0 aromatic heterocycles. The van der Waals surface area contributed by atoms with E-state index in [1.807, 2.05) is 13.8 Å². The van der Waals surface area contributed by atoms with E-state index in [0.29, 0.717) is 6.61 Å². The lowest BCUT2D eigenvalue weighted by Gasteiger charge is -1.95. The third-order valence-corrected chi connectivity index (χ3v) is 2.92. The van der Waals surface area contributed by atoms with Gasteiger partial charge in [0.1, 0.15) is 0 Å². The van der Waals surface area contributed by atoms with E-state index in [9.17, 15) is 9.59 Å². The van der Waals surface area contributed by atoms with Crippen LogP contribution in [0.15, 0.2) is 0 Å². The number of carboxylic acids is 2. The van der Waals surface area contributed by atoms with Gasteiger partial charge < -0.3 is 26.0 Å². The summed E-state index contributed by atoms with van der Waals surface area (Å²) >= 11 is 0. The Balaban J connectivity index is -0.000000137. The minimum Gasteiger partial charge on any atom is -0.480 e. The van der Waals surface area contributed by atoms with E-state index >= 15 is 0 Å². The highest BCUT2D eigenvalue weighted by Crippen LogP contribution is 2.03. The molecule has 0 spiro atoms. The average molecular weight is 381 g/mol. The molecule has 7 heteroatoms. The Kier molecular flexibility index (Phi) is 39.5. The van der Waals surface area contributed by atoms with E-state index in [4.69, 9.17) is 15.3 Å². The second-order valence-electron chi connectivity index (χ2n) is 5.63. The van der Waals surface area contributed by atoms with Gasteiger partial charge in [0.2, 0.25) is 0 Å². The van der Waals surface area contributed by atoms with E-state index in [-0.39, 0.29) is 20.5 Å². The van der Waals surface area contributed by atoms with Crippen molar-refractivity contribution in [1.29, 1.82) is 0 Å². The van der Waals surface area contributed by atoms with Crippen LogP contribution < -0.4 is 10.6 Å². The lowest BCUT2D eigenvalue weighted by Crippen LogP contribution is -2.22. The summed E-state index contributed by atoms with van der Waals surface area (Å²) < 4.78 is 0. The molecule has 0 saturated heterocycles. The van der Waals surface area contributed by atoms with Gasteiger partial charge in [0.15, 0.2) is 0 Å². The van der Waals surface area contributed by atoms with Crippen molar-refractivity contribution in [2.24, 2.45) is 0 Å². The molecule has 0 amide bonds. The third kappa shape index (κ3) is 49.5. The summed E-state index contributed by atoms with van der Waals surface area (Å²) in [5.74, 6) is -1.59. The molecule has 0 aromatic rings. The lowest BCUT2D eigenvalue weighted by atomic mass is 10.1. The van der Waals surface area contributed by atoms with E-state index in [0.717, 1.165) is 32.4 Å². The number of aliphatic hydroxyl groups excluding tert-OH is 1. The fourth-order valence-electron chi connectivity index (χ4n) is 1.64. The first-order chi connectivity index (χ1) is 12.0. The highest BCUT2D eigenvalue weighted by molar-refractivity contribution is 5.69. The molecule has 0 aromatic carbocycles. The highest BCUT2D eigenvalue weighted by Gasteiger charge is 1.91. The van der Waals surface area contributed by atoms with Crippen molar-refractivity contribution in [2.75, 3.05) is 32.8 Å². The van der Waals surface area contributed by atoms with E-state index in [1.165, 1.54) is 32.1 Å². The molecule has 0 aliphatic rings. The van der Waals surface area contributed by atoms with Gasteiger partial charge in [0, 0.05) is 6.61 Å². The fraction of sp³-hybridized carbons (Fsp3) is 0.895. The van der Waals surface area contributed by atoms with Crippen molar-refractivity contribution in [1.82, 2.24) is 10.6 Å². The van der Waals surface area contributed by atoms with Crippen molar-refractivity contribution >= 4 is 11.9 Å². The van der Waals surface area contributed by atoms with Crippen LogP contribution in [0.5, 0.6) is 0 Å². The molecule has 0 heterocycles. The van der Waals surface area contributed by atoms with Gasteiger partial charge in [-0.3, -0.25) is 9.59 Å². The zero-order chi connectivity index (χ0) is 19.8. The summed E-state index contributed by atoms with van der Waals surface area (Å²) in [5, 5.41) is 30.0. The number of aliphatic carboxylic acids is 2. The monoisotopic (exact) mass is 380 g/mol. The van der Waals surface area contributed by atoms with E-state index in [1.54, 1.807) is 0 Å². The third-order valence-electron chi connectivity index (χ3n) is 2.92. The molecule has 0 bridgehead atoms. The number of carboxylic acid groups (broad SMARTS) is 2. The van der Waals surface area contributed by atoms with Gasteiger partial charge in [-0.05, 0) is 32.4 Å². The number of hydrogen-bond donors (Lipinski definition) is 5. The van der Waals surface area contributed by atoms with Crippen LogP contribution in [0.4, 0.5) is 0 Å². The molecule has 0 aliphatic heterocycles. The second-order valence-corrected chi connectivity index (χ2v) is 5.63. The molecule has 0 rings (SSSR count). The molecular formula is C19H44N2O5. The van der Waals surface area contributed by atoms with Crippen LogP contribution in [-0.2, 0) is 9.59 Å². The molecule has 0 saturated carbocycles. The van der Waals surface area contributed by atoms with Gasteiger partial charge in [-0.1, -0.05) is 60.3 Å². The fourth-order valence-corrected chi connectivity index (χ4v) is 1.64. The Bertz CT molecular complexity index is 251. The Morgan fingerprint density at radius 3 is 1.38 bits per heavy atom. The molecule has 5 N–H and O–H groups in total. The summed E-state index contributed by atoms with van der Waals surface area (Å²) in [6.45, 7) is 8.29. The van der Waals surface area contributed by atoms with E-state index < -0.39 is 11.9 Å². The van der Waals surface area contributed by atoms with Crippen molar-refractivity contribution in [3.05, 3.63) is 0 Å². The topological polar surface area (TPSA) is 119 Å². The molecule has 0 unspecified atom stereocenters. The normalized spacial score (nSPS) is 9.08. The maximum Gasteiger partial charge on any atom is 0.317 e. The molecule has 7 nitrogen and oxygen atoms in total. The predicted molar refractivity (Wildman–Crippen MR) is 109 cm³/mol. The molecular weight excluding hydrogens is 336 g/mol. The second kappa shape index (κ2) is 31.6. The maximum atomic E-state index is 9.81. The van der Waals surface area contributed by atoms with Gasteiger partial charge in [-0.25, -0.2) is 0 Å². The predicted octanol–water partition coefficient (Wildman–Crippen LogP) is 3.12. The van der Waals surface area contributed by atoms with Gasteiger partial charge in [0.25, 0.3) is 0 Å². The maximum absolute atomic E-state index is 9.81. The van der Waals surface area contributed by atoms with Crippen molar-refractivity contribution in [3.63, 3.8) is 0 Å². The number of carbonyl (C=O) groups is 2. The Hall–Kier alpha value is -1.18. The van der Waals surface area contributed by atoms with Crippen LogP contribution in [-0.4, -0.2) is 60.0 Å². The average Bonchev–Trinajstić information content (AvgIpc) is 2.56. The van der Waals surface area contributed by atoms with E-state index in [2.05, 4.69) is 17.6 Å². The lowest BCUT2D eigenvalue weighted by molar-refractivity contribution is -0.136. The van der Waals surface area contributed by atoms with Crippen molar-refractivity contribution < 1.29 is 24.9 Å². The first-order valence-corrected chi connectivity index (χ1v) is 9.41. The molecule has 0 radical (unpaired) electrons. The van der Waals surface area contributed by atoms with Gasteiger partial charge in [-0.15, -0.1) is 0 Å². The highest BCUT2D eigenvalue weighted by atomic mass is 16.4.